The summed E-state index contributed by atoms with van der Waals surface area (Å²) in [7, 11) is 0. The van der Waals surface area contributed by atoms with E-state index in [4.69, 9.17) is 4.52 Å². The third kappa shape index (κ3) is 3.14. The highest BCUT2D eigenvalue weighted by Crippen LogP contribution is 2.25. The normalized spacial score (nSPS) is 22.2. The highest BCUT2D eigenvalue weighted by Gasteiger charge is 2.28. The molecule has 19 heavy (non-hydrogen) atoms. The minimum Gasteiger partial charge on any atom is -0.392 e. The van der Waals surface area contributed by atoms with E-state index in [1.54, 1.807) is 0 Å². The Labute approximate surface area is 124 Å². The topological polar surface area (TPSA) is 71.2 Å². The van der Waals surface area contributed by atoms with Gasteiger partial charge < -0.3 is 14.9 Å². The van der Waals surface area contributed by atoms with Gasteiger partial charge in [0.25, 0.3) is 0 Å². The Balaban J connectivity index is 0.00000133. The summed E-state index contributed by atoms with van der Waals surface area (Å²) in [5, 5.41) is 16.6. The van der Waals surface area contributed by atoms with Crippen molar-refractivity contribution >= 4 is 28.3 Å². The fourth-order valence-electron chi connectivity index (χ4n) is 2.03. The third-order valence-corrected chi connectivity index (χ3v) is 3.42. The number of hydrogen-bond donors (Lipinski definition) is 2. The lowest BCUT2D eigenvalue weighted by Crippen LogP contribution is -2.15. The Morgan fingerprint density at radius 3 is 2.95 bits per heavy atom. The lowest BCUT2D eigenvalue weighted by molar-refractivity contribution is 0.191. The molecule has 1 aromatic heterocycles. The van der Waals surface area contributed by atoms with Crippen LogP contribution in [-0.2, 0) is 0 Å². The Morgan fingerprint density at radius 2 is 2.26 bits per heavy atom. The van der Waals surface area contributed by atoms with Crippen molar-refractivity contribution in [3.8, 4) is 11.4 Å². The maximum Gasteiger partial charge on any atom is 0.244 e. The summed E-state index contributed by atoms with van der Waals surface area (Å²) >= 11 is 3.41. The monoisotopic (exact) mass is 345 g/mol. The molecule has 2 atom stereocenters. The predicted octanol–water partition coefficient (Wildman–Crippen LogP) is 2.32. The van der Waals surface area contributed by atoms with Gasteiger partial charge in [-0.25, -0.2) is 0 Å². The Kier molecular flexibility index (Phi) is 4.57. The molecular formula is C12H13BrClN3O2. The molecule has 102 valence electrons. The van der Waals surface area contributed by atoms with Gasteiger partial charge in [0, 0.05) is 16.6 Å². The van der Waals surface area contributed by atoms with Gasteiger partial charge in [-0.1, -0.05) is 33.2 Å². The van der Waals surface area contributed by atoms with E-state index in [2.05, 4.69) is 31.4 Å². The predicted molar refractivity (Wildman–Crippen MR) is 76.0 cm³/mol. The lowest BCUT2D eigenvalue weighted by Gasteiger charge is -2.01. The van der Waals surface area contributed by atoms with E-state index in [9.17, 15) is 5.11 Å². The average Bonchev–Trinajstić information content (AvgIpc) is 2.97. The van der Waals surface area contributed by atoms with Gasteiger partial charge in [-0.2, -0.15) is 4.98 Å². The molecule has 5 nitrogen and oxygen atoms in total. The molecule has 3 rings (SSSR count). The molecule has 2 heterocycles. The first kappa shape index (κ1) is 14.5. The Morgan fingerprint density at radius 1 is 1.42 bits per heavy atom. The SMILES string of the molecule is Cl.O[C@@H]1CN[C@H](c2nc(-c3cccc(Br)c3)no2)C1. The van der Waals surface area contributed by atoms with Gasteiger partial charge in [0.05, 0.1) is 12.1 Å². The van der Waals surface area contributed by atoms with Crippen molar-refractivity contribution < 1.29 is 9.63 Å². The summed E-state index contributed by atoms with van der Waals surface area (Å²) in [5.74, 6) is 1.09. The van der Waals surface area contributed by atoms with Crippen LogP contribution in [0.3, 0.4) is 0 Å². The summed E-state index contributed by atoms with van der Waals surface area (Å²) < 4.78 is 6.21. The fraction of sp³-hybridized carbons (Fsp3) is 0.333. The zero-order chi connectivity index (χ0) is 12.5. The van der Waals surface area contributed by atoms with Crippen molar-refractivity contribution in [2.24, 2.45) is 0 Å². The van der Waals surface area contributed by atoms with Gasteiger partial charge in [-0.3, -0.25) is 0 Å². The maximum atomic E-state index is 9.46. The summed E-state index contributed by atoms with van der Waals surface area (Å²) in [6, 6.07) is 7.68. The van der Waals surface area contributed by atoms with Crippen LogP contribution >= 0.6 is 28.3 Å². The van der Waals surface area contributed by atoms with Gasteiger partial charge in [0.15, 0.2) is 0 Å². The van der Waals surface area contributed by atoms with Crippen molar-refractivity contribution in [3.05, 3.63) is 34.6 Å². The minimum atomic E-state index is -0.337. The van der Waals surface area contributed by atoms with E-state index in [1.165, 1.54) is 0 Å². The van der Waals surface area contributed by atoms with E-state index >= 15 is 0 Å². The van der Waals surface area contributed by atoms with Crippen LogP contribution in [-0.4, -0.2) is 27.9 Å². The van der Waals surface area contributed by atoms with Crippen LogP contribution in [0.2, 0.25) is 0 Å². The Bertz CT molecular complexity index is 563. The minimum absolute atomic E-state index is 0. The van der Waals surface area contributed by atoms with Crippen LogP contribution in [0.25, 0.3) is 11.4 Å². The maximum absolute atomic E-state index is 9.46. The standard InChI is InChI=1S/C12H12BrN3O2.ClH/c13-8-3-1-2-7(4-8)11-15-12(18-16-11)10-5-9(17)6-14-10;/h1-4,9-10,14,17H,5-6H2;1H/t9-,10-;/m0./s1. The van der Waals surface area contributed by atoms with Crippen molar-refractivity contribution in [2.75, 3.05) is 6.54 Å². The molecule has 2 N–H and O–H groups in total. The molecule has 0 amide bonds. The smallest absolute Gasteiger partial charge is 0.244 e. The summed E-state index contributed by atoms with van der Waals surface area (Å²) in [5.41, 5.74) is 0.901. The van der Waals surface area contributed by atoms with E-state index in [0.717, 1.165) is 10.0 Å². The first-order valence-corrected chi connectivity index (χ1v) is 6.52. The first-order valence-electron chi connectivity index (χ1n) is 5.73. The number of aromatic nitrogens is 2. The molecule has 1 aliphatic heterocycles. The van der Waals surface area contributed by atoms with Crippen LogP contribution in [0, 0.1) is 0 Å². The van der Waals surface area contributed by atoms with Crippen LogP contribution < -0.4 is 5.32 Å². The van der Waals surface area contributed by atoms with Crippen LogP contribution in [0.5, 0.6) is 0 Å². The quantitative estimate of drug-likeness (QED) is 0.873. The number of aliphatic hydroxyl groups excluding tert-OH is 1. The molecule has 7 heteroatoms. The molecule has 1 fully saturated rings. The van der Waals surface area contributed by atoms with Gasteiger partial charge in [0.1, 0.15) is 0 Å². The van der Waals surface area contributed by atoms with Gasteiger partial charge in [0.2, 0.25) is 11.7 Å². The number of nitrogens with zero attached hydrogens (tertiary/aromatic N) is 2. The second-order valence-electron chi connectivity index (χ2n) is 4.32. The van der Waals surface area contributed by atoms with E-state index in [-0.39, 0.29) is 24.6 Å². The fourth-order valence-corrected chi connectivity index (χ4v) is 2.43. The second-order valence-corrected chi connectivity index (χ2v) is 5.23. The molecule has 0 unspecified atom stereocenters. The van der Waals surface area contributed by atoms with Crippen LogP contribution in [0.4, 0.5) is 0 Å². The van der Waals surface area contributed by atoms with E-state index < -0.39 is 0 Å². The Hall–Kier alpha value is -0.950. The van der Waals surface area contributed by atoms with Gasteiger partial charge in [-0.15, -0.1) is 12.4 Å². The van der Waals surface area contributed by atoms with E-state index in [0.29, 0.717) is 24.7 Å². The number of hydrogen-bond acceptors (Lipinski definition) is 5. The molecule has 1 saturated heterocycles. The zero-order valence-corrected chi connectivity index (χ0v) is 12.3. The first-order chi connectivity index (χ1) is 8.72. The highest BCUT2D eigenvalue weighted by molar-refractivity contribution is 9.10. The summed E-state index contributed by atoms with van der Waals surface area (Å²) in [4.78, 5) is 4.37. The molecular weight excluding hydrogens is 334 g/mol. The van der Waals surface area contributed by atoms with Crippen LogP contribution in [0.1, 0.15) is 18.4 Å². The molecule has 1 aromatic carbocycles. The van der Waals surface area contributed by atoms with Gasteiger partial charge >= 0.3 is 0 Å². The average molecular weight is 347 g/mol. The van der Waals surface area contributed by atoms with Crippen molar-refractivity contribution in [3.63, 3.8) is 0 Å². The molecule has 2 aromatic rings. The molecule has 0 bridgehead atoms. The number of benzene rings is 1. The second kappa shape index (κ2) is 6.00. The largest absolute Gasteiger partial charge is 0.392 e. The number of aliphatic hydroxyl groups is 1. The van der Waals surface area contributed by atoms with Crippen LogP contribution in [0.15, 0.2) is 33.3 Å². The van der Waals surface area contributed by atoms with Crippen molar-refractivity contribution in [1.82, 2.24) is 15.5 Å². The molecule has 0 saturated carbocycles. The number of nitrogens with one attached hydrogen (secondary N) is 1. The molecule has 0 spiro atoms. The number of halogens is 2. The molecule has 1 aliphatic rings. The number of rotatable bonds is 2. The third-order valence-electron chi connectivity index (χ3n) is 2.93. The zero-order valence-electron chi connectivity index (χ0n) is 9.91. The van der Waals surface area contributed by atoms with Gasteiger partial charge in [-0.05, 0) is 18.6 Å². The van der Waals surface area contributed by atoms with Crippen molar-refractivity contribution in [2.45, 2.75) is 18.6 Å². The lowest BCUT2D eigenvalue weighted by atomic mass is 10.2. The van der Waals surface area contributed by atoms with E-state index in [1.807, 2.05) is 24.3 Å². The molecule has 0 aliphatic carbocycles. The van der Waals surface area contributed by atoms with Crippen molar-refractivity contribution in [1.29, 1.82) is 0 Å². The highest BCUT2D eigenvalue weighted by atomic mass is 79.9. The number of β-amino-alcohol motifs (C(OH)–C–C–N with tert-alkyl or cyclic N) is 1. The summed E-state index contributed by atoms with van der Waals surface area (Å²) in [6.45, 7) is 0.569. The molecule has 0 radical (unpaired) electrons. The summed E-state index contributed by atoms with van der Waals surface area (Å²) in [6.07, 6.45) is 0.274.